The van der Waals surface area contributed by atoms with Crippen LogP contribution in [-0.4, -0.2) is 48.7 Å². The number of amides is 1. The van der Waals surface area contributed by atoms with Gasteiger partial charge in [-0.1, -0.05) is 30.8 Å². The molecule has 0 bridgehead atoms. The number of para-hydroxylation sites is 2. The largest absolute Gasteiger partial charge is 0.493 e. The second kappa shape index (κ2) is 10.5. The van der Waals surface area contributed by atoms with E-state index in [1.165, 1.54) is 18.0 Å². The van der Waals surface area contributed by atoms with Crippen LogP contribution >= 0.6 is 11.8 Å². The second-order valence-electron chi connectivity index (χ2n) is 6.24. The summed E-state index contributed by atoms with van der Waals surface area (Å²) < 4.78 is 16.5. The van der Waals surface area contributed by atoms with Crippen LogP contribution in [0.15, 0.2) is 46.7 Å². The average molecular weight is 429 g/mol. The van der Waals surface area contributed by atoms with Crippen LogP contribution in [0.2, 0.25) is 0 Å². The molecule has 3 aromatic rings. The Hall–Kier alpha value is -3.20. The van der Waals surface area contributed by atoms with Gasteiger partial charge in [0, 0.05) is 5.56 Å². The lowest BCUT2D eigenvalue weighted by atomic mass is 10.2. The molecule has 1 amide bonds. The highest BCUT2D eigenvalue weighted by Crippen LogP contribution is 2.38. The zero-order valence-corrected chi connectivity index (χ0v) is 17.9. The number of H-pyrrole nitrogens is 1. The van der Waals surface area contributed by atoms with Gasteiger partial charge < -0.3 is 19.2 Å². The Morgan fingerprint density at radius 2 is 1.97 bits per heavy atom. The fourth-order valence-electron chi connectivity index (χ4n) is 2.66. The third-order valence-corrected chi connectivity index (χ3v) is 4.92. The predicted molar refractivity (Wildman–Crippen MR) is 118 cm³/mol. The molecule has 0 atom stereocenters. The van der Waals surface area contributed by atoms with Crippen LogP contribution in [0.4, 0.5) is 0 Å². The Morgan fingerprint density at radius 3 is 2.63 bits per heavy atom. The molecule has 0 saturated carbocycles. The van der Waals surface area contributed by atoms with Gasteiger partial charge in [0.05, 0.1) is 43.8 Å². The number of hydrogen-bond acceptors (Lipinski definition) is 7. The Labute approximate surface area is 179 Å². The van der Waals surface area contributed by atoms with Crippen molar-refractivity contribution in [2.24, 2.45) is 5.10 Å². The summed E-state index contributed by atoms with van der Waals surface area (Å²) in [4.78, 5) is 19.7. The van der Waals surface area contributed by atoms with Crippen LogP contribution in [-0.2, 0) is 4.79 Å². The van der Waals surface area contributed by atoms with E-state index < -0.39 is 0 Å². The van der Waals surface area contributed by atoms with Crippen molar-refractivity contribution in [1.29, 1.82) is 0 Å². The summed E-state index contributed by atoms with van der Waals surface area (Å²) in [6.45, 7) is 2.58. The number of methoxy groups -OCH3 is 2. The lowest BCUT2D eigenvalue weighted by molar-refractivity contribution is -0.118. The van der Waals surface area contributed by atoms with E-state index in [1.807, 2.05) is 31.2 Å². The maximum Gasteiger partial charge on any atom is 0.250 e. The molecule has 0 aliphatic carbocycles. The van der Waals surface area contributed by atoms with Crippen LogP contribution in [0.1, 0.15) is 18.9 Å². The highest BCUT2D eigenvalue weighted by Gasteiger charge is 2.13. The molecule has 0 unspecified atom stereocenters. The van der Waals surface area contributed by atoms with Crippen molar-refractivity contribution in [3.05, 3.63) is 42.0 Å². The number of aromatic nitrogens is 2. The molecular formula is C21H24N4O4S. The maximum atomic E-state index is 12.1. The topological polar surface area (TPSA) is 97.8 Å². The Balaban J connectivity index is 1.58. The number of aromatic amines is 1. The van der Waals surface area contributed by atoms with Gasteiger partial charge in [-0.3, -0.25) is 4.79 Å². The van der Waals surface area contributed by atoms with Crippen LogP contribution in [0, 0.1) is 0 Å². The third kappa shape index (κ3) is 5.44. The minimum Gasteiger partial charge on any atom is -0.493 e. The van der Waals surface area contributed by atoms with E-state index in [9.17, 15) is 4.79 Å². The summed E-state index contributed by atoms with van der Waals surface area (Å²) in [5.74, 6) is 1.57. The summed E-state index contributed by atoms with van der Waals surface area (Å²) in [6, 6.07) is 11.3. The van der Waals surface area contributed by atoms with Crippen LogP contribution in [0.5, 0.6) is 17.2 Å². The van der Waals surface area contributed by atoms with Gasteiger partial charge >= 0.3 is 0 Å². The average Bonchev–Trinajstić information content (AvgIpc) is 3.19. The fraction of sp³-hybridized carbons (Fsp3) is 0.286. The molecular weight excluding hydrogens is 404 g/mol. The van der Waals surface area contributed by atoms with Gasteiger partial charge in [0.2, 0.25) is 5.75 Å². The monoisotopic (exact) mass is 428 g/mol. The van der Waals surface area contributed by atoms with Crippen molar-refractivity contribution in [3.63, 3.8) is 0 Å². The number of nitrogens with zero attached hydrogens (tertiary/aromatic N) is 2. The number of carbonyl (C=O) groups excluding carboxylic acids is 1. The Bertz CT molecular complexity index is 977. The third-order valence-electron chi connectivity index (χ3n) is 4.04. The van der Waals surface area contributed by atoms with Gasteiger partial charge in [0.25, 0.3) is 5.91 Å². The number of ether oxygens (including phenoxy) is 3. The fourth-order valence-corrected chi connectivity index (χ4v) is 3.34. The molecule has 3 rings (SSSR count). The molecule has 8 nitrogen and oxygen atoms in total. The van der Waals surface area contributed by atoms with Crippen LogP contribution < -0.4 is 19.6 Å². The first kappa shape index (κ1) is 21.5. The molecule has 0 aliphatic heterocycles. The van der Waals surface area contributed by atoms with Crippen molar-refractivity contribution in [2.45, 2.75) is 18.5 Å². The summed E-state index contributed by atoms with van der Waals surface area (Å²) in [7, 11) is 3.12. The first-order chi connectivity index (χ1) is 14.6. The van der Waals surface area contributed by atoms with Crippen molar-refractivity contribution >= 4 is 34.9 Å². The zero-order valence-electron chi connectivity index (χ0n) is 17.1. The smallest absolute Gasteiger partial charge is 0.250 e. The highest BCUT2D eigenvalue weighted by atomic mass is 32.2. The first-order valence-corrected chi connectivity index (χ1v) is 10.4. The molecule has 0 fully saturated rings. The van der Waals surface area contributed by atoms with E-state index in [-0.39, 0.29) is 11.7 Å². The van der Waals surface area contributed by atoms with Gasteiger partial charge in [0.1, 0.15) is 0 Å². The number of thioether (sulfide) groups is 1. The van der Waals surface area contributed by atoms with Crippen molar-refractivity contribution in [2.75, 3.05) is 26.6 Å². The minimum atomic E-state index is -0.237. The summed E-state index contributed by atoms with van der Waals surface area (Å²) in [5, 5.41) is 4.71. The molecule has 30 heavy (non-hydrogen) atoms. The van der Waals surface area contributed by atoms with Gasteiger partial charge in [-0.05, 0) is 30.7 Å². The number of carbonyl (C=O) groups is 1. The van der Waals surface area contributed by atoms with Crippen LogP contribution in [0.3, 0.4) is 0 Å². The molecule has 0 spiro atoms. The van der Waals surface area contributed by atoms with Gasteiger partial charge in [-0.2, -0.15) is 5.10 Å². The predicted octanol–water partition coefficient (Wildman–Crippen LogP) is 3.61. The summed E-state index contributed by atoms with van der Waals surface area (Å²) in [6.07, 6.45) is 2.39. The van der Waals surface area contributed by atoms with Crippen molar-refractivity contribution in [1.82, 2.24) is 15.4 Å². The van der Waals surface area contributed by atoms with E-state index in [2.05, 4.69) is 20.5 Å². The quantitative estimate of drug-likeness (QED) is 0.291. The van der Waals surface area contributed by atoms with E-state index in [0.29, 0.717) is 34.6 Å². The van der Waals surface area contributed by atoms with E-state index in [1.54, 1.807) is 26.4 Å². The highest BCUT2D eigenvalue weighted by molar-refractivity contribution is 7.99. The van der Waals surface area contributed by atoms with Gasteiger partial charge in [-0.25, -0.2) is 10.4 Å². The lowest BCUT2D eigenvalue weighted by Crippen LogP contribution is -2.19. The summed E-state index contributed by atoms with van der Waals surface area (Å²) >= 11 is 1.31. The number of rotatable bonds is 10. The summed E-state index contributed by atoms with van der Waals surface area (Å²) in [5.41, 5.74) is 5.03. The molecule has 158 valence electrons. The molecule has 1 heterocycles. The molecule has 0 radical (unpaired) electrons. The molecule has 0 aliphatic rings. The zero-order chi connectivity index (χ0) is 21.3. The molecule has 2 N–H and O–H groups in total. The number of hydrogen-bond donors (Lipinski definition) is 2. The molecule has 9 heteroatoms. The molecule has 1 aromatic heterocycles. The number of imidazole rings is 1. The van der Waals surface area contributed by atoms with E-state index in [0.717, 1.165) is 17.5 Å². The van der Waals surface area contributed by atoms with Gasteiger partial charge in [0.15, 0.2) is 16.7 Å². The number of benzene rings is 2. The molecule has 2 aromatic carbocycles. The number of fused-ring (bicyclic) bond motifs is 1. The van der Waals surface area contributed by atoms with E-state index >= 15 is 0 Å². The van der Waals surface area contributed by atoms with Gasteiger partial charge in [-0.15, -0.1) is 0 Å². The molecule has 0 saturated heterocycles. The Morgan fingerprint density at radius 1 is 1.23 bits per heavy atom. The van der Waals surface area contributed by atoms with Crippen molar-refractivity contribution in [3.8, 4) is 17.2 Å². The lowest BCUT2D eigenvalue weighted by Gasteiger charge is -2.14. The number of hydrazone groups is 1. The minimum absolute atomic E-state index is 0.188. The number of nitrogens with one attached hydrogen (secondary N) is 2. The maximum absolute atomic E-state index is 12.1. The van der Waals surface area contributed by atoms with Crippen LogP contribution in [0.25, 0.3) is 11.0 Å². The SMILES string of the molecule is CCCOc1c(OC)cc(/C=N\NC(=O)CSc2nc3ccccc3[nH]2)cc1OC. The second-order valence-corrected chi connectivity index (χ2v) is 7.21. The normalized spacial score (nSPS) is 11.0. The van der Waals surface area contributed by atoms with Crippen molar-refractivity contribution < 1.29 is 19.0 Å². The first-order valence-electron chi connectivity index (χ1n) is 9.42. The van der Waals surface area contributed by atoms with E-state index in [4.69, 9.17) is 14.2 Å². The standard InChI is InChI=1S/C21H24N4O4S/c1-4-9-29-20-17(27-2)10-14(11-18(20)28-3)12-22-25-19(26)13-30-21-23-15-7-5-6-8-16(15)24-21/h5-8,10-12H,4,9,13H2,1-3H3,(H,23,24)(H,25,26)/b22-12-. The Kier molecular flexibility index (Phi) is 7.56.